The molecular weight excluding hydrogens is 212 g/mol. The maximum absolute atomic E-state index is 6.13. The Morgan fingerprint density at radius 1 is 1.29 bits per heavy atom. The summed E-state index contributed by atoms with van der Waals surface area (Å²) in [6.07, 6.45) is 0. The smallest absolute Gasteiger partial charge is 0.0594 e. The van der Waals surface area contributed by atoms with Gasteiger partial charge in [0.2, 0.25) is 0 Å². The SMILES string of the molecule is CC(C)(N)c1cccc(CN2CCOCC2)c1. The average Bonchev–Trinajstić information content (AvgIpc) is 2.29. The Morgan fingerprint density at radius 2 is 2.00 bits per heavy atom. The molecule has 3 nitrogen and oxygen atoms in total. The number of nitrogens with two attached hydrogens (primary N) is 1. The lowest BCUT2D eigenvalue weighted by molar-refractivity contribution is 0.0342. The van der Waals surface area contributed by atoms with Crippen LogP contribution in [0.5, 0.6) is 0 Å². The first kappa shape index (κ1) is 12.6. The summed E-state index contributed by atoms with van der Waals surface area (Å²) in [6, 6.07) is 8.59. The number of morpholine rings is 1. The molecule has 17 heavy (non-hydrogen) atoms. The number of benzene rings is 1. The molecule has 1 aliphatic heterocycles. The summed E-state index contributed by atoms with van der Waals surface area (Å²) in [6.45, 7) is 8.83. The van der Waals surface area contributed by atoms with Crippen molar-refractivity contribution in [1.82, 2.24) is 4.90 Å². The second-order valence-corrected chi connectivity index (χ2v) is 5.31. The Balaban J connectivity index is 2.05. The fraction of sp³-hybridized carbons (Fsp3) is 0.571. The van der Waals surface area contributed by atoms with Gasteiger partial charge in [0.15, 0.2) is 0 Å². The molecule has 2 rings (SSSR count). The van der Waals surface area contributed by atoms with Crippen molar-refractivity contribution in [1.29, 1.82) is 0 Å². The molecule has 0 spiro atoms. The van der Waals surface area contributed by atoms with E-state index in [4.69, 9.17) is 10.5 Å². The topological polar surface area (TPSA) is 38.5 Å². The van der Waals surface area contributed by atoms with Crippen LogP contribution >= 0.6 is 0 Å². The van der Waals surface area contributed by atoms with Crippen molar-refractivity contribution in [2.75, 3.05) is 26.3 Å². The van der Waals surface area contributed by atoms with Crippen LogP contribution in [-0.4, -0.2) is 31.2 Å². The predicted molar refractivity (Wildman–Crippen MR) is 69.8 cm³/mol. The molecule has 1 aromatic carbocycles. The molecule has 3 heteroatoms. The molecule has 1 heterocycles. The van der Waals surface area contributed by atoms with Crippen molar-refractivity contribution >= 4 is 0 Å². The van der Waals surface area contributed by atoms with E-state index in [0.717, 1.165) is 32.8 Å². The fourth-order valence-corrected chi connectivity index (χ4v) is 2.09. The Labute approximate surface area is 104 Å². The minimum Gasteiger partial charge on any atom is -0.379 e. The van der Waals surface area contributed by atoms with E-state index in [1.54, 1.807) is 0 Å². The minimum atomic E-state index is -0.263. The summed E-state index contributed by atoms with van der Waals surface area (Å²) in [5.41, 5.74) is 8.40. The zero-order valence-electron chi connectivity index (χ0n) is 10.8. The van der Waals surface area contributed by atoms with Crippen LogP contribution in [0.4, 0.5) is 0 Å². The van der Waals surface area contributed by atoms with Gasteiger partial charge in [-0.25, -0.2) is 0 Å². The summed E-state index contributed by atoms with van der Waals surface area (Å²) < 4.78 is 5.35. The van der Waals surface area contributed by atoms with Crippen LogP contribution in [0.1, 0.15) is 25.0 Å². The van der Waals surface area contributed by atoms with Crippen LogP contribution in [0.15, 0.2) is 24.3 Å². The molecule has 1 aliphatic rings. The van der Waals surface area contributed by atoms with Crippen LogP contribution in [0.3, 0.4) is 0 Å². The van der Waals surface area contributed by atoms with E-state index in [9.17, 15) is 0 Å². The lowest BCUT2D eigenvalue weighted by Crippen LogP contribution is -2.35. The quantitative estimate of drug-likeness (QED) is 0.865. The molecule has 0 atom stereocenters. The largest absolute Gasteiger partial charge is 0.379 e. The normalized spacial score (nSPS) is 18.3. The van der Waals surface area contributed by atoms with Gasteiger partial charge in [0, 0.05) is 25.2 Å². The van der Waals surface area contributed by atoms with Gasteiger partial charge in [-0.3, -0.25) is 4.90 Å². The molecule has 0 saturated carbocycles. The van der Waals surface area contributed by atoms with Crippen molar-refractivity contribution in [2.45, 2.75) is 25.9 Å². The Kier molecular flexibility index (Phi) is 3.82. The van der Waals surface area contributed by atoms with Gasteiger partial charge in [-0.05, 0) is 25.0 Å². The molecule has 0 bridgehead atoms. The van der Waals surface area contributed by atoms with Crippen LogP contribution in [-0.2, 0) is 16.8 Å². The molecule has 0 radical (unpaired) electrons. The number of ether oxygens (including phenoxy) is 1. The summed E-state index contributed by atoms with van der Waals surface area (Å²) in [5.74, 6) is 0. The lowest BCUT2D eigenvalue weighted by atomic mass is 9.94. The highest BCUT2D eigenvalue weighted by Gasteiger charge is 2.15. The Morgan fingerprint density at radius 3 is 2.65 bits per heavy atom. The third-order valence-electron chi connectivity index (χ3n) is 3.18. The lowest BCUT2D eigenvalue weighted by Gasteiger charge is -2.27. The highest BCUT2D eigenvalue weighted by atomic mass is 16.5. The first-order valence-corrected chi connectivity index (χ1v) is 6.24. The molecule has 1 fully saturated rings. The molecule has 0 unspecified atom stereocenters. The molecule has 0 amide bonds. The van der Waals surface area contributed by atoms with E-state index in [-0.39, 0.29) is 5.54 Å². The maximum Gasteiger partial charge on any atom is 0.0594 e. The summed E-state index contributed by atoms with van der Waals surface area (Å²) in [7, 11) is 0. The van der Waals surface area contributed by atoms with Gasteiger partial charge in [-0.2, -0.15) is 0 Å². The van der Waals surface area contributed by atoms with E-state index in [0.29, 0.717) is 0 Å². The van der Waals surface area contributed by atoms with Crippen LogP contribution in [0.2, 0.25) is 0 Å². The van der Waals surface area contributed by atoms with Crippen molar-refractivity contribution in [2.24, 2.45) is 5.73 Å². The van der Waals surface area contributed by atoms with E-state index >= 15 is 0 Å². The number of nitrogens with zero attached hydrogens (tertiary/aromatic N) is 1. The van der Waals surface area contributed by atoms with Crippen molar-refractivity contribution in [3.05, 3.63) is 35.4 Å². The predicted octanol–water partition coefficient (Wildman–Crippen LogP) is 1.71. The van der Waals surface area contributed by atoms with Gasteiger partial charge < -0.3 is 10.5 Å². The maximum atomic E-state index is 6.13. The Bertz CT molecular complexity index is 365. The second-order valence-electron chi connectivity index (χ2n) is 5.31. The molecule has 0 aliphatic carbocycles. The molecule has 1 aromatic rings. The first-order chi connectivity index (χ1) is 8.05. The van der Waals surface area contributed by atoms with Crippen LogP contribution in [0, 0.1) is 0 Å². The standard InChI is InChI=1S/C14H22N2O/c1-14(2,15)13-5-3-4-12(10-13)11-16-6-8-17-9-7-16/h3-5,10H,6-9,11,15H2,1-2H3. The first-order valence-electron chi connectivity index (χ1n) is 6.24. The van der Waals surface area contributed by atoms with E-state index in [1.165, 1.54) is 11.1 Å². The Hall–Kier alpha value is -0.900. The van der Waals surface area contributed by atoms with Gasteiger partial charge in [0.1, 0.15) is 0 Å². The average molecular weight is 234 g/mol. The zero-order valence-corrected chi connectivity index (χ0v) is 10.8. The highest BCUT2D eigenvalue weighted by molar-refractivity contribution is 5.28. The van der Waals surface area contributed by atoms with Gasteiger partial charge in [-0.15, -0.1) is 0 Å². The molecule has 2 N–H and O–H groups in total. The molecular formula is C14H22N2O. The van der Waals surface area contributed by atoms with Gasteiger partial charge >= 0.3 is 0 Å². The van der Waals surface area contributed by atoms with Crippen molar-refractivity contribution in [3.8, 4) is 0 Å². The van der Waals surface area contributed by atoms with Crippen molar-refractivity contribution in [3.63, 3.8) is 0 Å². The monoisotopic (exact) mass is 234 g/mol. The third kappa shape index (κ3) is 3.53. The third-order valence-corrected chi connectivity index (χ3v) is 3.18. The van der Waals surface area contributed by atoms with Gasteiger partial charge in [-0.1, -0.05) is 24.3 Å². The van der Waals surface area contributed by atoms with Gasteiger partial charge in [0.25, 0.3) is 0 Å². The fourth-order valence-electron chi connectivity index (χ4n) is 2.09. The van der Waals surface area contributed by atoms with Crippen LogP contribution < -0.4 is 5.73 Å². The van der Waals surface area contributed by atoms with Crippen molar-refractivity contribution < 1.29 is 4.74 Å². The summed E-state index contributed by atoms with van der Waals surface area (Å²) in [5, 5.41) is 0. The molecule has 1 saturated heterocycles. The second kappa shape index (κ2) is 5.17. The number of hydrogen-bond acceptors (Lipinski definition) is 3. The van der Waals surface area contributed by atoms with E-state index < -0.39 is 0 Å². The number of rotatable bonds is 3. The summed E-state index contributed by atoms with van der Waals surface area (Å²) in [4.78, 5) is 2.42. The minimum absolute atomic E-state index is 0.263. The zero-order chi connectivity index (χ0) is 12.3. The number of hydrogen-bond donors (Lipinski definition) is 1. The van der Waals surface area contributed by atoms with Crippen LogP contribution in [0.25, 0.3) is 0 Å². The molecule has 94 valence electrons. The molecule has 0 aromatic heterocycles. The summed E-state index contributed by atoms with van der Waals surface area (Å²) >= 11 is 0. The van der Waals surface area contributed by atoms with Gasteiger partial charge in [0.05, 0.1) is 13.2 Å². The van der Waals surface area contributed by atoms with E-state index in [1.807, 2.05) is 13.8 Å². The van der Waals surface area contributed by atoms with E-state index in [2.05, 4.69) is 29.2 Å². The highest BCUT2D eigenvalue weighted by Crippen LogP contribution is 2.19.